The molecule has 2 saturated heterocycles. The molecule has 2 heterocycles. The van der Waals surface area contributed by atoms with Crippen LogP contribution in [0.4, 0.5) is 0 Å². The number of hydrogen-bond acceptors (Lipinski definition) is 5. The van der Waals surface area contributed by atoms with E-state index >= 15 is 0 Å². The first-order valence-corrected chi connectivity index (χ1v) is 6.81. The normalized spacial score (nSPS) is 40.9. The van der Waals surface area contributed by atoms with Crippen LogP contribution in [0.1, 0.15) is 12.8 Å². The van der Waals surface area contributed by atoms with Gasteiger partial charge >= 0.3 is 16.1 Å². The van der Waals surface area contributed by atoms with Crippen LogP contribution in [-0.2, 0) is 23.2 Å². The van der Waals surface area contributed by atoms with Crippen molar-refractivity contribution in [2.75, 3.05) is 18.9 Å². The largest absolute Gasteiger partial charge is 0.728 e. The van der Waals surface area contributed by atoms with E-state index < -0.39 is 21.7 Å². The summed E-state index contributed by atoms with van der Waals surface area (Å²) in [5.74, 6) is 0. The van der Waals surface area contributed by atoms with E-state index in [1.807, 2.05) is 0 Å². The third kappa shape index (κ3) is 2.12. The quantitative estimate of drug-likeness (QED) is 0.465. The van der Waals surface area contributed by atoms with Crippen LogP contribution in [0.15, 0.2) is 0 Å². The average Bonchev–Trinajstić information content (AvgIpc) is 2.16. The van der Waals surface area contributed by atoms with Gasteiger partial charge in [0.15, 0.2) is 0 Å². The molecule has 1 spiro atoms. The second-order valence-corrected chi connectivity index (χ2v) is 5.98. The first kappa shape index (κ1) is 9.63. The van der Waals surface area contributed by atoms with Crippen LogP contribution in [0.25, 0.3) is 0 Å². The SMILES string of the molecule is O=[P+]1CCC2(CC1)CO[P+](=O)OO2. The van der Waals surface area contributed by atoms with Gasteiger partial charge in [-0.3, -0.25) is 0 Å². The molecule has 0 aromatic heterocycles. The Bertz CT molecular complexity index is 204. The summed E-state index contributed by atoms with van der Waals surface area (Å²) < 4.78 is 31.2. The van der Waals surface area contributed by atoms with Crippen molar-refractivity contribution in [3.05, 3.63) is 0 Å². The molecule has 2 rings (SSSR count). The monoisotopic (exact) mass is 224 g/mol. The molecule has 5 nitrogen and oxygen atoms in total. The van der Waals surface area contributed by atoms with Crippen molar-refractivity contribution in [3.8, 4) is 0 Å². The molecule has 13 heavy (non-hydrogen) atoms. The van der Waals surface area contributed by atoms with E-state index in [1.54, 1.807) is 0 Å². The molecule has 0 saturated carbocycles. The minimum Gasteiger partial charge on any atom is -0.178 e. The van der Waals surface area contributed by atoms with E-state index in [0.29, 0.717) is 25.2 Å². The lowest BCUT2D eigenvalue weighted by Gasteiger charge is -2.28. The average molecular weight is 224 g/mol. The summed E-state index contributed by atoms with van der Waals surface area (Å²) >= 11 is 0. The second kappa shape index (κ2) is 3.68. The van der Waals surface area contributed by atoms with E-state index in [4.69, 9.17) is 9.41 Å². The maximum absolute atomic E-state index is 11.1. The Kier molecular flexibility index (Phi) is 2.72. The summed E-state index contributed by atoms with van der Waals surface area (Å²) in [6, 6.07) is 0. The first-order valence-electron chi connectivity index (χ1n) is 4.08. The van der Waals surface area contributed by atoms with Crippen molar-refractivity contribution in [1.82, 2.24) is 0 Å². The summed E-state index contributed by atoms with van der Waals surface area (Å²) in [6.45, 7) is 0.283. The maximum atomic E-state index is 11.1. The van der Waals surface area contributed by atoms with Gasteiger partial charge < -0.3 is 0 Å². The minimum atomic E-state index is -2.10. The molecule has 0 radical (unpaired) electrons. The van der Waals surface area contributed by atoms with Crippen LogP contribution < -0.4 is 0 Å². The molecule has 2 aliphatic rings. The van der Waals surface area contributed by atoms with E-state index in [9.17, 15) is 9.13 Å². The second-order valence-electron chi connectivity index (χ2n) is 3.27. The molecule has 72 valence electrons. The van der Waals surface area contributed by atoms with Crippen LogP contribution >= 0.6 is 16.1 Å². The maximum Gasteiger partial charge on any atom is 0.728 e. The Labute approximate surface area is 77.4 Å². The van der Waals surface area contributed by atoms with Crippen LogP contribution in [0.3, 0.4) is 0 Å². The molecule has 0 bridgehead atoms. The molecule has 2 aliphatic heterocycles. The van der Waals surface area contributed by atoms with Crippen molar-refractivity contribution in [1.29, 1.82) is 0 Å². The van der Waals surface area contributed by atoms with Gasteiger partial charge in [-0.1, -0.05) is 4.57 Å². The van der Waals surface area contributed by atoms with Crippen molar-refractivity contribution in [2.24, 2.45) is 0 Å². The van der Waals surface area contributed by atoms with Crippen LogP contribution in [0.2, 0.25) is 0 Å². The fraction of sp³-hybridized carbons (Fsp3) is 1.00. The molecule has 7 heteroatoms. The predicted molar refractivity (Wildman–Crippen MR) is 45.0 cm³/mol. The molecular weight excluding hydrogens is 214 g/mol. The molecule has 0 amide bonds. The Morgan fingerprint density at radius 2 is 1.85 bits per heavy atom. The van der Waals surface area contributed by atoms with Gasteiger partial charge in [0.1, 0.15) is 24.5 Å². The van der Waals surface area contributed by atoms with Gasteiger partial charge in [0.05, 0.1) is 4.67 Å². The highest BCUT2D eigenvalue weighted by Crippen LogP contribution is 2.44. The van der Waals surface area contributed by atoms with E-state index in [2.05, 4.69) is 4.67 Å². The van der Waals surface area contributed by atoms with Gasteiger partial charge in [-0.05, 0) is 0 Å². The molecule has 0 aromatic carbocycles. The van der Waals surface area contributed by atoms with Gasteiger partial charge in [-0.2, -0.15) is 4.89 Å². The Morgan fingerprint density at radius 1 is 1.15 bits per heavy atom. The summed E-state index contributed by atoms with van der Waals surface area (Å²) in [5, 5.41) is 0. The Morgan fingerprint density at radius 3 is 2.38 bits per heavy atom. The first-order chi connectivity index (χ1) is 6.20. The van der Waals surface area contributed by atoms with Gasteiger partial charge in [0.25, 0.3) is 0 Å². The number of rotatable bonds is 0. The highest BCUT2D eigenvalue weighted by Gasteiger charge is 2.50. The molecule has 1 atom stereocenters. The zero-order valence-corrected chi connectivity index (χ0v) is 8.76. The predicted octanol–water partition coefficient (Wildman–Crippen LogP) is 1.98. The summed E-state index contributed by atoms with van der Waals surface area (Å²) in [6.07, 6.45) is 2.59. The van der Waals surface area contributed by atoms with Crippen molar-refractivity contribution < 1.29 is 23.2 Å². The van der Waals surface area contributed by atoms with Gasteiger partial charge in [0.2, 0.25) is 0 Å². The molecule has 2 fully saturated rings. The van der Waals surface area contributed by atoms with Crippen molar-refractivity contribution >= 4 is 16.1 Å². The highest BCUT2D eigenvalue weighted by atomic mass is 31.1. The summed E-state index contributed by atoms with van der Waals surface area (Å²) in [7, 11) is -3.17. The van der Waals surface area contributed by atoms with Crippen molar-refractivity contribution in [3.63, 3.8) is 0 Å². The molecule has 0 aliphatic carbocycles. The standard InChI is InChI=1S/C6H10O5P2/c7-12-3-1-6(2-4-12)5-9-13(8)11-10-6/h1-5H2/q+2. The molecular formula is C6H10O5P2+2. The van der Waals surface area contributed by atoms with Gasteiger partial charge in [-0.25, -0.2) is 0 Å². The number of hydrogen-bond donors (Lipinski definition) is 0. The van der Waals surface area contributed by atoms with Crippen LogP contribution in [-0.4, -0.2) is 24.5 Å². The lowest BCUT2D eigenvalue weighted by molar-refractivity contribution is -0.323. The minimum absolute atomic E-state index is 0.283. The molecule has 0 aromatic rings. The van der Waals surface area contributed by atoms with E-state index in [-0.39, 0.29) is 6.61 Å². The molecule has 0 N–H and O–H groups in total. The lowest BCUT2D eigenvalue weighted by atomic mass is 9.98. The zero-order valence-electron chi connectivity index (χ0n) is 6.97. The van der Waals surface area contributed by atoms with Crippen LogP contribution in [0, 0.1) is 0 Å². The van der Waals surface area contributed by atoms with Crippen LogP contribution in [0.5, 0.6) is 0 Å². The Hall–Kier alpha value is 0.0800. The Balaban J connectivity index is 1.98. The summed E-state index contributed by atoms with van der Waals surface area (Å²) in [4.78, 5) is 5.03. The molecule has 1 unspecified atom stereocenters. The van der Waals surface area contributed by atoms with E-state index in [1.165, 1.54) is 0 Å². The lowest BCUT2D eigenvalue weighted by Crippen LogP contribution is -2.42. The zero-order chi connectivity index (χ0) is 9.31. The van der Waals surface area contributed by atoms with Gasteiger partial charge in [-0.15, -0.1) is 4.52 Å². The third-order valence-electron chi connectivity index (χ3n) is 2.34. The van der Waals surface area contributed by atoms with E-state index in [0.717, 1.165) is 0 Å². The topological polar surface area (TPSA) is 61.8 Å². The highest BCUT2D eigenvalue weighted by molar-refractivity contribution is 7.44. The third-order valence-corrected chi connectivity index (χ3v) is 4.32. The fourth-order valence-electron chi connectivity index (χ4n) is 1.45. The van der Waals surface area contributed by atoms with Crippen molar-refractivity contribution in [2.45, 2.75) is 18.4 Å². The van der Waals surface area contributed by atoms with Gasteiger partial charge in [0, 0.05) is 17.4 Å². The summed E-state index contributed by atoms with van der Waals surface area (Å²) in [5.41, 5.74) is -0.494. The fourth-order valence-corrected chi connectivity index (χ4v) is 3.59. The smallest absolute Gasteiger partial charge is 0.178 e.